The van der Waals surface area contributed by atoms with Crippen molar-refractivity contribution in [3.8, 4) is 5.75 Å². The maximum absolute atomic E-state index is 6.03. The Bertz CT molecular complexity index is 403. The Hall–Kier alpha value is -1.10. The number of nitrogens with zero attached hydrogens (tertiary/aromatic N) is 1. The molecule has 112 valence electrons. The fourth-order valence-electron chi connectivity index (χ4n) is 3.08. The van der Waals surface area contributed by atoms with Crippen LogP contribution >= 0.6 is 0 Å². The lowest BCUT2D eigenvalue weighted by atomic mass is 9.94. The zero-order valence-corrected chi connectivity index (χ0v) is 12.5. The van der Waals surface area contributed by atoms with Crippen LogP contribution in [0.5, 0.6) is 5.75 Å². The Morgan fingerprint density at radius 1 is 1.25 bits per heavy atom. The highest BCUT2D eigenvalue weighted by atomic mass is 16.5. The predicted molar refractivity (Wildman–Crippen MR) is 81.0 cm³/mol. The SMILES string of the molecule is COCC1CCN(C(CN)c2ccccc2OC)CC1. The summed E-state index contributed by atoms with van der Waals surface area (Å²) in [5, 5.41) is 0. The molecule has 1 heterocycles. The zero-order valence-electron chi connectivity index (χ0n) is 12.5. The third kappa shape index (κ3) is 3.51. The van der Waals surface area contributed by atoms with Crippen LogP contribution < -0.4 is 10.5 Å². The van der Waals surface area contributed by atoms with Gasteiger partial charge in [0.1, 0.15) is 5.75 Å². The summed E-state index contributed by atoms with van der Waals surface area (Å²) in [5.41, 5.74) is 7.23. The van der Waals surface area contributed by atoms with Crippen LogP contribution in [0.25, 0.3) is 0 Å². The summed E-state index contributed by atoms with van der Waals surface area (Å²) in [4.78, 5) is 2.48. The maximum atomic E-state index is 6.03. The molecule has 1 aromatic carbocycles. The normalized spacial score (nSPS) is 18.9. The van der Waals surface area contributed by atoms with Crippen LogP contribution in [0, 0.1) is 5.92 Å². The van der Waals surface area contributed by atoms with Gasteiger partial charge in [0, 0.05) is 25.8 Å². The van der Waals surface area contributed by atoms with Crippen molar-refractivity contribution in [3.05, 3.63) is 29.8 Å². The average molecular weight is 278 g/mol. The Labute approximate surface area is 121 Å². The quantitative estimate of drug-likeness (QED) is 0.865. The van der Waals surface area contributed by atoms with Gasteiger partial charge in [-0.15, -0.1) is 0 Å². The summed E-state index contributed by atoms with van der Waals surface area (Å²) >= 11 is 0. The molecule has 0 saturated carbocycles. The maximum Gasteiger partial charge on any atom is 0.123 e. The van der Waals surface area contributed by atoms with Crippen molar-refractivity contribution < 1.29 is 9.47 Å². The number of hydrogen-bond donors (Lipinski definition) is 1. The molecule has 0 spiro atoms. The van der Waals surface area contributed by atoms with Crippen LogP contribution in [-0.2, 0) is 4.74 Å². The Morgan fingerprint density at radius 2 is 1.95 bits per heavy atom. The molecule has 1 saturated heterocycles. The van der Waals surface area contributed by atoms with Crippen LogP contribution in [-0.4, -0.2) is 45.4 Å². The van der Waals surface area contributed by atoms with E-state index in [1.54, 1.807) is 14.2 Å². The number of nitrogens with two attached hydrogens (primary N) is 1. The first-order chi connectivity index (χ1) is 9.80. The molecule has 0 amide bonds. The van der Waals surface area contributed by atoms with Crippen LogP contribution in [0.15, 0.2) is 24.3 Å². The molecule has 0 aromatic heterocycles. The van der Waals surface area contributed by atoms with E-state index in [0.717, 1.165) is 25.4 Å². The van der Waals surface area contributed by atoms with Crippen LogP contribution in [0.2, 0.25) is 0 Å². The molecule has 1 aliphatic heterocycles. The van der Waals surface area contributed by atoms with Crippen molar-refractivity contribution in [1.29, 1.82) is 0 Å². The van der Waals surface area contributed by atoms with Gasteiger partial charge in [-0.1, -0.05) is 18.2 Å². The molecule has 1 aromatic rings. The second-order valence-corrected chi connectivity index (χ2v) is 5.43. The molecule has 0 radical (unpaired) electrons. The number of ether oxygens (including phenoxy) is 2. The van der Waals surface area contributed by atoms with Gasteiger partial charge in [-0.05, 0) is 37.9 Å². The summed E-state index contributed by atoms with van der Waals surface area (Å²) in [7, 11) is 3.50. The van der Waals surface area contributed by atoms with E-state index < -0.39 is 0 Å². The van der Waals surface area contributed by atoms with Gasteiger partial charge >= 0.3 is 0 Å². The van der Waals surface area contributed by atoms with E-state index in [1.807, 2.05) is 12.1 Å². The van der Waals surface area contributed by atoms with Gasteiger partial charge in [-0.2, -0.15) is 0 Å². The monoisotopic (exact) mass is 278 g/mol. The number of benzene rings is 1. The molecule has 2 rings (SSSR count). The first-order valence-electron chi connectivity index (χ1n) is 7.36. The number of methoxy groups -OCH3 is 2. The van der Waals surface area contributed by atoms with E-state index >= 15 is 0 Å². The third-order valence-corrected chi connectivity index (χ3v) is 4.21. The van der Waals surface area contributed by atoms with E-state index in [2.05, 4.69) is 17.0 Å². The fraction of sp³-hybridized carbons (Fsp3) is 0.625. The molecule has 4 nitrogen and oxygen atoms in total. The van der Waals surface area contributed by atoms with Crippen LogP contribution in [0.3, 0.4) is 0 Å². The van der Waals surface area contributed by atoms with E-state index in [0.29, 0.717) is 12.5 Å². The minimum atomic E-state index is 0.245. The van der Waals surface area contributed by atoms with Gasteiger partial charge in [-0.25, -0.2) is 0 Å². The van der Waals surface area contributed by atoms with Crippen molar-refractivity contribution in [3.63, 3.8) is 0 Å². The lowest BCUT2D eigenvalue weighted by Crippen LogP contribution is -2.40. The Balaban J connectivity index is 2.06. The highest BCUT2D eigenvalue weighted by Gasteiger charge is 2.26. The van der Waals surface area contributed by atoms with Crippen molar-refractivity contribution in [1.82, 2.24) is 4.90 Å². The van der Waals surface area contributed by atoms with E-state index in [-0.39, 0.29) is 6.04 Å². The fourth-order valence-corrected chi connectivity index (χ4v) is 3.08. The summed E-state index contributed by atoms with van der Waals surface area (Å²) in [6.07, 6.45) is 2.36. The minimum absolute atomic E-state index is 0.245. The lowest BCUT2D eigenvalue weighted by Gasteiger charge is -2.37. The zero-order chi connectivity index (χ0) is 14.4. The van der Waals surface area contributed by atoms with Gasteiger partial charge < -0.3 is 15.2 Å². The van der Waals surface area contributed by atoms with Crippen molar-refractivity contribution in [2.24, 2.45) is 11.7 Å². The first kappa shape index (κ1) is 15.3. The lowest BCUT2D eigenvalue weighted by molar-refractivity contribution is 0.0804. The molecule has 2 N–H and O–H groups in total. The predicted octanol–water partition coefficient (Wildman–Crippen LogP) is 2.05. The van der Waals surface area contributed by atoms with Crippen molar-refractivity contribution >= 4 is 0 Å². The molecular formula is C16H26N2O2. The molecule has 1 unspecified atom stereocenters. The Kier molecular flexibility index (Phi) is 5.83. The summed E-state index contributed by atoms with van der Waals surface area (Å²) in [6.45, 7) is 3.65. The molecule has 1 aliphatic rings. The smallest absolute Gasteiger partial charge is 0.123 e. The van der Waals surface area contributed by atoms with Crippen molar-refractivity contribution in [2.45, 2.75) is 18.9 Å². The number of piperidine rings is 1. The first-order valence-corrected chi connectivity index (χ1v) is 7.36. The van der Waals surface area contributed by atoms with E-state index in [4.69, 9.17) is 15.2 Å². The number of rotatable bonds is 6. The molecule has 0 bridgehead atoms. The molecule has 4 heteroatoms. The molecule has 20 heavy (non-hydrogen) atoms. The summed E-state index contributed by atoms with van der Waals surface area (Å²) in [6, 6.07) is 8.43. The Morgan fingerprint density at radius 3 is 2.55 bits per heavy atom. The second kappa shape index (κ2) is 7.62. The number of likely N-dealkylation sites (tertiary alicyclic amines) is 1. The van der Waals surface area contributed by atoms with Gasteiger partial charge in [0.2, 0.25) is 0 Å². The molecule has 1 fully saturated rings. The number of hydrogen-bond acceptors (Lipinski definition) is 4. The largest absolute Gasteiger partial charge is 0.496 e. The van der Waals surface area contributed by atoms with Gasteiger partial charge in [-0.3, -0.25) is 4.90 Å². The summed E-state index contributed by atoms with van der Waals surface area (Å²) < 4.78 is 10.7. The second-order valence-electron chi connectivity index (χ2n) is 5.43. The molecular weight excluding hydrogens is 252 g/mol. The average Bonchev–Trinajstić information content (AvgIpc) is 2.50. The minimum Gasteiger partial charge on any atom is -0.496 e. The van der Waals surface area contributed by atoms with Gasteiger partial charge in [0.15, 0.2) is 0 Å². The molecule has 1 atom stereocenters. The summed E-state index contributed by atoms with van der Waals surface area (Å²) in [5.74, 6) is 1.62. The number of para-hydroxylation sites is 1. The highest BCUT2D eigenvalue weighted by Crippen LogP contribution is 2.31. The van der Waals surface area contributed by atoms with Gasteiger partial charge in [0.25, 0.3) is 0 Å². The third-order valence-electron chi connectivity index (χ3n) is 4.21. The van der Waals surface area contributed by atoms with Crippen LogP contribution in [0.1, 0.15) is 24.4 Å². The molecule has 0 aliphatic carbocycles. The van der Waals surface area contributed by atoms with E-state index in [1.165, 1.54) is 18.4 Å². The van der Waals surface area contributed by atoms with E-state index in [9.17, 15) is 0 Å². The van der Waals surface area contributed by atoms with Gasteiger partial charge in [0.05, 0.1) is 13.2 Å². The topological polar surface area (TPSA) is 47.7 Å². The van der Waals surface area contributed by atoms with Crippen molar-refractivity contribution in [2.75, 3.05) is 40.5 Å². The standard InChI is InChI=1S/C16H26N2O2/c1-19-12-13-7-9-18(10-8-13)15(11-17)14-5-3-4-6-16(14)20-2/h3-6,13,15H,7-12,17H2,1-2H3. The highest BCUT2D eigenvalue weighted by molar-refractivity contribution is 5.36. The van der Waals surface area contributed by atoms with Crippen LogP contribution in [0.4, 0.5) is 0 Å².